The highest BCUT2D eigenvalue weighted by Crippen LogP contribution is 2.32. The van der Waals surface area contributed by atoms with Crippen LogP contribution in [0.5, 0.6) is 0 Å². The van der Waals surface area contributed by atoms with Gasteiger partial charge in [0, 0.05) is 31.1 Å². The molecule has 1 fully saturated rings. The van der Waals surface area contributed by atoms with E-state index in [2.05, 4.69) is 5.32 Å². The summed E-state index contributed by atoms with van der Waals surface area (Å²) >= 11 is 11.8. The molecule has 116 valence electrons. The molecule has 2 unspecified atom stereocenters. The molecule has 0 saturated carbocycles. The van der Waals surface area contributed by atoms with Crippen LogP contribution in [0.25, 0.3) is 0 Å². The van der Waals surface area contributed by atoms with Crippen molar-refractivity contribution in [3.05, 3.63) is 22.2 Å². The SMILES string of the molecule is Nc1cc(Cl)cc(Cl)c1NC(=O)CCN1CC(O)C(O)C1. The van der Waals surface area contributed by atoms with Crippen molar-refractivity contribution in [2.45, 2.75) is 18.6 Å². The van der Waals surface area contributed by atoms with Crippen LogP contribution in [0, 0.1) is 0 Å². The number of aliphatic hydroxyl groups excluding tert-OH is 2. The fourth-order valence-corrected chi connectivity index (χ4v) is 2.77. The van der Waals surface area contributed by atoms with Gasteiger partial charge in [-0.15, -0.1) is 0 Å². The summed E-state index contributed by atoms with van der Waals surface area (Å²) < 4.78 is 0. The normalized spacial score (nSPS) is 22.5. The van der Waals surface area contributed by atoms with Crippen LogP contribution in [-0.2, 0) is 4.79 Å². The number of nitrogens with one attached hydrogen (secondary N) is 1. The van der Waals surface area contributed by atoms with Gasteiger partial charge in [-0.2, -0.15) is 0 Å². The van der Waals surface area contributed by atoms with E-state index in [1.165, 1.54) is 12.1 Å². The summed E-state index contributed by atoms with van der Waals surface area (Å²) in [6.45, 7) is 1.15. The smallest absolute Gasteiger partial charge is 0.225 e. The van der Waals surface area contributed by atoms with Crippen LogP contribution < -0.4 is 11.1 Å². The molecule has 1 saturated heterocycles. The highest BCUT2D eigenvalue weighted by molar-refractivity contribution is 6.37. The topological polar surface area (TPSA) is 98.8 Å². The van der Waals surface area contributed by atoms with E-state index in [4.69, 9.17) is 28.9 Å². The van der Waals surface area contributed by atoms with Gasteiger partial charge in [0.05, 0.1) is 28.6 Å². The van der Waals surface area contributed by atoms with E-state index in [0.717, 1.165) is 0 Å². The van der Waals surface area contributed by atoms with Gasteiger partial charge in [-0.3, -0.25) is 9.69 Å². The quantitative estimate of drug-likeness (QED) is 0.615. The van der Waals surface area contributed by atoms with Crippen molar-refractivity contribution in [1.29, 1.82) is 0 Å². The number of aliphatic hydroxyl groups is 2. The van der Waals surface area contributed by atoms with Crippen molar-refractivity contribution in [3.8, 4) is 0 Å². The molecule has 1 aromatic carbocycles. The number of benzene rings is 1. The number of anilines is 2. The fraction of sp³-hybridized carbons (Fsp3) is 0.462. The van der Waals surface area contributed by atoms with Crippen LogP contribution in [0.4, 0.5) is 11.4 Å². The minimum absolute atomic E-state index is 0.206. The zero-order valence-corrected chi connectivity index (χ0v) is 12.7. The predicted octanol–water partition coefficient (Wildman–Crippen LogP) is 0.942. The molecule has 0 bridgehead atoms. The first kappa shape index (κ1) is 16.3. The summed E-state index contributed by atoms with van der Waals surface area (Å²) in [7, 11) is 0. The second-order valence-electron chi connectivity index (χ2n) is 5.04. The third-order valence-corrected chi connectivity index (χ3v) is 3.86. The summed E-state index contributed by atoms with van der Waals surface area (Å²) in [5, 5.41) is 22.2. The molecule has 8 heteroatoms. The lowest BCUT2D eigenvalue weighted by molar-refractivity contribution is -0.116. The van der Waals surface area contributed by atoms with E-state index < -0.39 is 12.2 Å². The molecule has 0 radical (unpaired) electrons. The predicted molar refractivity (Wildman–Crippen MR) is 82.6 cm³/mol. The Hall–Kier alpha value is -1.05. The maximum Gasteiger partial charge on any atom is 0.225 e. The van der Waals surface area contributed by atoms with E-state index in [1.54, 1.807) is 0 Å². The Kier molecular flexibility index (Phi) is 5.29. The van der Waals surface area contributed by atoms with Gasteiger partial charge in [0.15, 0.2) is 0 Å². The van der Waals surface area contributed by atoms with Crippen molar-refractivity contribution < 1.29 is 15.0 Å². The Bertz CT molecular complexity index is 508. The van der Waals surface area contributed by atoms with Gasteiger partial charge < -0.3 is 21.3 Å². The van der Waals surface area contributed by atoms with E-state index >= 15 is 0 Å². The first-order chi connectivity index (χ1) is 9.86. The summed E-state index contributed by atoms with van der Waals surface area (Å²) in [6, 6.07) is 3.01. The number of rotatable bonds is 4. The maximum absolute atomic E-state index is 11.9. The average molecular weight is 334 g/mol. The van der Waals surface area contributed by atoms with E-state index in [1.807, 2.05) is 4.90 Å². The number of β-amino-alcohol motifs (C(OH)–C–C–N with tert-alkyl or cyclic N) is 2. The number of halogens is 2. The number of carbonyl (C=O) groups is 1. The molecule has 1 aliphatic rings. The molecule has 0 aromatic heterocycles. The molecule has 21 heavy (non-hydrogen) atoms. The lowest BCUT2D eigenvalue weighted by atomic mass is 10.2. The van der Waals surface area contributed by atoms with Crippen molar-refractivity contribution in [3.63, 3.8) is 0 Å². The number of hydrogen-bond donors (Lipinski definition) is 4. The second-order valence-corrected chi connectivity index (χ2v) is 5.89. The van der Waals surface area contributed by atoms with Crippen LogP contribution in [0.3, 0.4) is 0 Å². The summed E-state index contributed by atoms with van der Waals surface area (Å²) in [4.78, 5) is 13.7. The lowest BCUT2D eigenvalue weighted by Crippen LogP contribution is -2.27. The Morgan fingerprint density at radius 2 is 1.95 bits per heavy atom. The average Bonchev–Trinajstić information content (AvgIpc) is 2.71. The summed E-state index contributed by atoms with van der Waals surface area (Å²) in [5.74, 6) is -0.248. The highest BCUT2D eigenvalue weighted by atomic mass is 35.5. The molecular formula is C13H17Cl2N3O3. The van der Waals surface area contributed by atoms with Crippen LogP contribution in [0.15, 0.2) is 12.1 Å². The largest absolute Gasteiger partial charge is 0.397 e. The summed E-state index contributed by atoms with van der Waals surface area (Å²) in [6.07, 6.45) is -1.30. The zero-order valence-electron chi connectivity index (χ0n) is 11.2. The molecule has 1 amide bonds. The molecule has 1 heterocycles. The Labute approximate surface area is 132 Å². The third kappa shape index (κ3) is 4.21. The van der Waals surface area contributed by atoms with Gasteiger partial charge in [-0.25, -0.2) is 0 Å². The third-order valence-electron chi connectivity index (χ3n) is 3.34. The molecule has 1 aliphatic heterocycles. The fourth-order valence-electron chi connectivity index (χ4n) is 2.22. The van der Waals surface area contributed by atoms with Gasteiger partial charge in [-0.1, -0.05) is 23.2 Å². The van der Waals surface area contributed by atoms with Crippen LogP contribution in [-0.4, -0.2) is 52.9 Å². The Balaban J connectivity index is 1.88. The van der Waals surface area contributed by atoms with Crippen molar-refractivity contribution in [2.24, 2.45) is 0 Å². The zero-order chi connectivity index (χ0) is 15.6. The number of hydrogen-bond acceptors (Lipinski definition) is 5. The number of nitrogens with zero attached hydrogens (tertiary/aromatic N) is 1. The molecule has 6 nitrogen and oxygen atoms in total. The Morgan fingerprint density at radius 1 is 1.33 bits per heavy atom. The van der Waals surface area contributed by atoms with Gasteiger partial charge in [-0.05, 0) is 12.1 Å². The van der Waals surface area contributed by atoms with Crippen molar-refractivity contribution in [1.82, 2.24) is 4.90 Å². The monoisotopic (exact) mass is 333 g/mol. The lowest BCUT2D eigenvalue weighted by Gasteiger charge is -2.15. The first-order valence-electron chi connectivity index (χ1n) is 6.49. The van der Waals surface area contributed by atoms with Crippen LogP contribution >= 0.6 is 23.2 Å². The molecule has 0 spiro atoms. The second kappa shape index (κ2) is 6.81. The van der Waals surface area contributed by atoms with Gasteiger partial charge >= 0.3 is 0 Å². The minimum Gasteiger partial charge on any atom is -0.397 e. The molecule has 1 aromatic rings. The van der Waals surface area contributed by atoms with Gasteiger partial charge in [0.25, 0.3) is 0 Å². The summed E-state index contributed by atoms with van der Waals surface area (Å²) in [5.41, 5.74) is 6.40. The Morgan fingerprint density at radius 3 is 2.52 bits per heavy atom. The number of carbonyl (C=O) groups excluding carboxylic acids is 1. The maximum atomic E-state index is 11.9. The van der Waals surface area contributed by atoms with Crippen molar-refractivity contribution >= 4 is 40.5 Å². The molecule has 2 rings (SSSR count). The number of amides is 1. The van der Waals surface area contributed by atoms with E-state index in [0.29, 0.717) is 36.0 Å². The minimum atomic E-state index is -0.755. The van der Waals surface area contributed by atoms with Crippen LogP contribution in [0.1, 0.15) is 6.42 Å². The molecular weight excluding hydrogens is 317 g/mol. The van der Waals surface area contributed by atoms with Crippen molar-refractivity contribution in [2.75, 3.05) is 30.7 Å². The van der Waals surface area contributed by atoms with Crippen LogP contribution in [0.2, 0.25) is 10.0 Å². The van der Waals surface area contributed by atoms with Gasteiger partial charge in [0.1, 0.15) is 0 Å². The number of likely N-dealkylation sites (tertiary alicyclic amines) is 1. The highest BCUT2D eigenvalue weighted by Gasteiger charge is 2.29. The molecule has 5 N–H and O–H groups in total. The molecule has 0 aliphatic carbocycles. The van der Waals surface area contributed by atoms with Gasteiger partial charge in [0.2, 0.25) is 5.91 Å². The number of nitrogen functional groups attached to an aromatic ring is 1. The standard InChI is InChI=1S/C13H17Cl2N3O3/c14-7-3-8(15)13(9(16)4-7)17-12(21)1-2-18-5-10(19)11(20)6-18/h3-4,10-11,19-20H,1-2,5-6,16H2,(H,17,21). The first-order valence-corrected chi connectivity index (χ1v) is 7.25. The number of nitrogens with two attached hydrogens (primary N) is 1. The molecule has 2 atom stereocenters. The van der Waals surface area contributed by atoms with E-state index in [9.17, 15) is 15.0 Å². The van der Waals surface area contributed by atoms with E-state index in [-0.39, 0.29) is 17.4 Å².